The third kappa shape index (κ3) is 6.83. The molecule has 0 bridgehead atoms. The predicted octanol–water partition coefficient (Wildman–Crippen LogP) is 3.00. The van der Waals surface area contributed by atoms with Crippen LogP contribution in [0.15, 0.2) is 36.5 Å². The molecule has 0 radical (unpaired) electrons. The lowest BCUT2D eigenvalue weighted by Gasteiger charge is -2.22. The Labute approximate surface area is 221 Å². The minimum Gasteiger partial charge on any atom is -0.361 e. The van der Waals surface area contributed by atoms with Crippen LogP contribution in [0.25, 0.3) is 11.6 Å². The van der Waals surface area contributed by atoms with E-state index in [1.54, 1.807) is 39.2 Å². The largest absolute Gasteiger partial charge is 0.361 e. The number of nitrogens with one attached hydrogen (secondary N) is 3. The summed E-state index contributed by atoms with van der Waals surface area (Å²) in [6, 6.07) is 3.51. The number of aromatic nitrogens is 1. The van der Waals surface area contributed by atoms with Crippen molar-refractivity contribution in [1.82, 2.24) is 20.1 Å². The highest BCUT2D eigenvalue weighted by Crippen LogP contribution is 2.34. The number of rotatable bonds is 11. The number of halogens is 1. The first-order chi connectivity index (χ1) is 18.0. The van der Waals surface area contributed by atoms with Gasteiger partial charge >= 0.3 is 0 Å². The number of Topliss-reactive ketones (excluding diaryl/α,β-unsaturated/α-hetero) is 1. The van der Waals surface area contributed by atoms with Crippen LogP contribution in [0.5, 0.6) is 0 Å². The van der Waals surface area contributed by atoms with Gasteiger partial charge in [0.1, 0.15) is 5.82 Å². The molecule has 1 aliphatic rings. The lowest BCUT2D eigenvalue weighted by Crippen LogP contribution is -2.39. The topological polar surface area (TPSA) is 115 Å². The van der Waals surface area contributed by atoms with E-state index in [0.717, 1.165) is 0 Å². The monoisotopic (exact) mass is 523 g/mol. The van der Waals surface area contributed by atoms with Crippen LogP contribution in [0.2, 0.25) is 0 Å². The van der Waals surface area contributed by atoms with Crippen molar-refractivity contribution in [3.63, 3.8) is 0 Å². The van der Waals surface area contributed by atoms with Crippen LogP contribution in [0.3, 0.4) is 0 Å². The van der Waals surface area contributed by atoms with Crippen molar-refractivity contribution < 1.29 is 23.6 Å². The molecule has 0 spiro atoms. The van der Waals surface area contributed by atoms with Crippen molar-refractivity contribution in [3.05, 3.63) is 64.7 Å². The Hall–Kier alpha value is -4.05. The van der Waals surface area contributed by atoms with E-state index in [-0.39, 0.29) is 36.5 Å². The van der Waals surface area contributed by atoms with Crippen LogP contribution in [0.1, 0.15) is 46.9 Å². The number of fused-ring (bicyclic) bond motifs is 1. The van der Waals surface area contributed by atoms with Crippen molar-refractivity contribution in [1.29, 1.82) is 0 Å². The lowest BCUT2D eigenvalue weighted by atomic mass is 10.0. The molecule has 1 aromatic heterocycles. The number of ketones is 1. The van der Waals surface area contributed by atoms with Crippen LogP contribution in [0, 0.1) is 12.7 Å². The number of nitrogens with zero attached hydrogens (tertiary/aromatic N) is 2. The fourth-order valence-corrected chi connectivity index (χ4v) is 4.00. The number of amides is 3. The molecule has 3 amide bonds. The molecule has 1 atom stereocenters. The van der Waals surface area contributed by atoms with Gasteiger partial charge in [0.25, 0.3) is 11.8 Å². The van der Waals surface area contributed by atoms with E-state index >= 15 is 0 Å². The minimum atomic E-state index is -0.573. The molecule has 202 valence electrons. The van der Waals surface area contributed by atoms with Crippen LogP contribution in [-0.2, 0) is 14.4 Å². The number of carbonyl (C=O) groups is 4. The Morgan fingerprint density at radius 1 is 1.18 bits per heavy atom. The average molecular weight is 524 g/mol. The molecule has 3 N–H and O–H groups in total. The summed E-state index contributed by atoms with van der Waals surface area (Å²) in [7, 11) is 5.39. The Morgan fingerprint density at radius 3 is 2.63 bits per heavy atom. The second-order valence-corrected chi connectivity index (χ2v) is 9.56. The van der Waals surface area contributed by atoms with E-state index in [2.05, 4.69) is 15.6 Å². The second-order valence-electron chi connectivity index (χ2n) is 9.56. The van der Waals surface area contributed by atoms with E-state index in [1.165, 1.54) is 29.2 Å². The Bertz CT molecular complexity index is 1290. The summed E-state index contributed by atoms with van der Waals surface area (Å²) in [5.41, 5.74) is 2.91. The second kappa shape index (κ2) is 12.5. The number of hydrogen-bond acceptors (Lipinski definition) is 5. The smallest absolute Gasteiger partial charge is 0.256 e. The zero-order valence-electron chi connectivity index (χ0n) is 22.4. The Kier molecular flexibility index (Phi) is 9.35. The zero-order valence-corrected chi connectivity index (χ0v) is 22.4. The fraction of sp³-hybridized carbons (Fsp3) is 0.357. The molecular formula is C28H34FN5O4. The minimum absolute atomic E-state index is 0.0885. The van der Waals surface area contributed by atoms with E-state index in [9.17, 15) is 23.6 Å². The number of anilines is 1. The van der Waals surface area contributed by atoms with E-state index in [1.807, 2.05) is 19.0 Å². The lowest BCUT2D eigenvalue weighted by molar-refractivity contribution is -0.134. The molecule has 0 fully saturated rings. The SMILES string of the molecule is Cc1c(C(=O)NCCCC(=O)[C@H](C)N(C)C(=O)/C=C/CN(C)C)c[nH]c1/C=C1\C(=O)Nc2ccc(F)cc21. The van der Waals surface area contributed by atoms with Gasteiger partial charge in [-0.15, -0.1) is 0 Å². The van der Waals surface area contributed by atoms with Crippen LogP contribution in [-0.4, -0.2) is 78.6 Å². The van der Waals surface area contributed by atoms with Gasteiger partial charge in [-0.05, 0) is 64.2 Å². The van der Waals surface area contributed by atoms with Crippen molar-refractivity contribution in [2.45, 2.75) is 32.7 Å². The maximum atomic E-state index is 13.7. The Balaban J connectivity index is 1.53. The summed E-state index contributed by atoms with van der Waals surface area (Å²) < 4.78 is 13.7. The van der Waals surface area contributed by atoms with Crippen molar-refractivity contribution in [3.8, 4) is 0 Å². The standard InChI is InChI=1S/C28H34FN5O4/c1-17-22(16-31-24(17)15-21-20-14-19(29)10-11-23(20)32-28(21)38)27(37)30-12-6-8-25(35)18(2)34(5)26(36)9-7-13-33(3)4/h7,9-11,14-16,18,31H,6,8,12-13H2,1-5H3,(H,30,37)(H,32,38)/b9-7+,21-15-/t18-/m0/s1. The van der Waals surface area contributed by atoms with Gasteiger partial charge in [0.15, 0.2) is 5.78 Å². The summed E-state index contributed by atoms with van der Waals surface area (Å²) in [6.45, 7) is 4.36. The number of likely N-dealkylation sites (N-methyl/N-ethyl adjacent to an activating group) is 2. The van der Waals surface area contributed by atoms with Gasteiger partial charge in [-0.2, -0.15) is 0 Å². The molecule has 0 saturated carbocycles. The maximum Gasteiger partial charge on any atom is 0.256 e. The van der Waals surface area contributed by atoms with E-state index in [0.29, 0.717) is 46.6 Å². The molecule has 0 unspecified atom stereocenters. The molecule has 1 aromatic carbocycles. The van der Waals surface area contributed by atoms with Gasteiger partial charge in [0.2, 0.25) is 5.91 Å². The molecule has 10 heteroatoms. The summed E-state index contributed by atoms with van der Waals surface area (Å²) in [6.07, 6.45) is 7.00. The third-order valence-electron chi connectivity index (χ3n) is 6.49. The third-order valence-corrected chi connectivity index (χ3v) is 6.49. The van der Waals surface area contributed by atoms with Gasteiger partial charge in [-0.1, -0.05) is 6.08 Å². The molecule has 2 heterocycles. The first-order valence-corrected chi connectivity index (χ1v) is 12.4. The van der Waals surface area contributed by atoms with E-state index in [4.69, 9.17) is 0 Å². The average Bonchev–Trinajstić information content (AvgIpc) is 3.39. The van der Waals surface area contributed by atoms with Gasteiger partial charge in [-0.3, -0.25) is 19.2 Å². The highest BCUT2D eigenvalue weighted by molar-refractivity contribution is 6.34. The Morgan fingerprint density at radius 2 is 1.92 bits per heavy atom. The zero-order chi connectivity index (χ0) is 28.0. The molecule has 38 heavy (non-hydrogen) atoms. The fourth-order valence-electron chi connectivity index (χ4n) is 4.00. The summed E-state index contributed by atoms with van der Waals surface area (Å²) >= 11 is 0. The molecule has 0 saturated heterocycles. The molecule has 3 rings (SSSR count). The normalized spacial score (nSPS) is 14.6. The van der Waals surface area contributed by atoms with Crippen molar-refractivity contribution >= 4 is 40.8 Å². The van der Waals surface area contributed by atoms with E-state index < -0.39 is 11.9 Å². The van der Waals surface area contributed by atoms with Gasteiger partial charge in [0.05, 0.1) is 17.2 Å². The summed E-state index contributed by atoms with van der Waals surface area (Å²) in [4.78, 5) is 56.2. The first-order valence-electron chi connectivity index (χ1n) is 12.4. The number of benzene rings is 1. The van der Waals surface area contributed by atoms with Gasteiger partial charge in [0, 0.05) is 55.8 Å². The number of hydrogen-bond donors (Lipinski definition) is 3. The van der Waals surface area contributed by atoms with Crippen LogP contribution in [0.4, 0.5) is 10.1 Å². The summed E-state index contributed by atoms with van der Waals surface area (Å²) in [5.74, 6) is -1.43. The van der Waals surface area contributed by atoms with Crippen molar-refractivity contribution in [2.75, 3.05) is 39.5 Å². The highest BCUT2D eigenvalue weighted by Gasteiger charge is 2.25. The van der Waals surface area contributed by atoms with Crippen LogP contribution >= 0.6 is 0 Å². The van der Waals surface area contributed by atoms with Gasteiger partial charge < -0.3 is 25.4 Å². The molecule has 2 aromatic rings. The summed E-state index contributed by atoms with van der Waals surface area (Å²) in [5, 5.41) is 5.51. The number of aromatic amines is 1. The highest BCUT2D eigenvalue weighted by atomic mass is 19.1. The predicted molar refractivity (Wildman–Crippen MR) is 145 cm³/mol. The first kappa shape index (κ1) is 28.5. The van der Waals surface area contributed by atoms with Crippen LogP contribution < -0.4 is 10.6 Å². The maximum absolute atomic E-state index is 13.7. The molecule has 1 aliphatic heterocycles. The molecule has 9 nitrogen and oxygen atoms in total. The van der Waals surface area contributed by atoms with Crippen molar-refractivity contribution in [2.24, 2.45) is 0 Å². The number of carbonyl (C=O) groups excluding carboxylic acids is 4. The number of H-pyrrole nitrogens is 1. The van der Waals surface area contributed by atoms with Gasteiger partial charge in [-0.25, -0.2) is 4.39 Å². The molecule has 0 aliphatic carbocycles. The molecular weight excluding hydrogens is 489 g/mol. The quantitative estimate of drug-likeness (QED) is 0.310.